The van der Waals surface area contributed by atoms with Gasteiger partial charge < -0.3 is 19.5 Å². The van der Waals surface area contributed by atoms with Gasteiger partial charge in [-0.3, -0.25) is 0 Å². The Morgan fingerprint density at radius 1 is 1.14 bits per heavy atom. The van der Waals surface area contributed by atoms with Crippen LogP contribution >= 0.6 is 23.2 Å². The Kier molecular flexibility index (Phi) is 5.38. The topological polar surface area (TPSA) is 46.5 Å². The summed E-state index contributed by atoms with van der Waals surface area (Å²) in [6, 6.07) is 13.5. The number of carbonyl (C=O) groups is 1. The Morgan fingerprint density at radius 2 is 1.96 bits per heavy atom. The van der Waals surface area contributed by atoms with E-state index in [-0.39, 0.29) is 6.03 Å². The number of hydrogen-bond acceptors (Lipinski definition) is 2. The van der Waals surface area contributed by atoms with Crippen molar-refractivity contribution in [2.75, 3.05) is 19.7 Å². The molecule has 1 aliphatic rings. The molecule has 2 amide bonds. The van der Waals surface area contributed by atoms with Crippen molar-refractivity contribution in [2.24, 2.45) is 13.0 Å². The highest BCUT2D eigenvalue weighted by Gasteiger charge is 2.31. The molecule has 1 N–H and O–H groups in total. The van der Waals surface area contributed by atoms with E-state index in [1.165, 1.54) is 10.9 Å². The van der Waals surface area contributed by atoms with Gasteiger partial charge in [0.1, 0.15) is 5.75 Å². The number of halogens is 2. The van der Waals surface area contributed by atoms with E-state index in [4.69, 9.17) is 27.9 Å². The maximum absolute atomic E-state index is 12.3. The lowest BCUT2D eigenvalue weighted by Crippen LogP contribution is -2.55. The van der Waals surface area contributed by atoms with E-state index < -0.39 is 0 Å². The van der Waals surface area contributed by atoms with Crippen molar-refractivity contribution in [3.8, 4) is 5.75 Å². The minimum absolute atomic E-state index is 0.0426. The highest BCUT2D eigenvalue weighted by atomic mass is 35.5. The summed E-state index contributed by atoms with van der Waals surface area (Å²) in [5.41, 5.74) is 2.27. The van der Waals surface area contributed by atoms with E-state index in [9.17, 15) is 4.79 Å². The maximum Gasteiger partial charge on any atom is 0.317 e. The van der Waals surface area contributed by atoms with Gasteiger partial charge in [0.25, 0.3) is 0 Å². The molecule has 28 heavy (non-hydrogen) atoms. The number of likely N-dealkylation sites (tertiary alicyclic amines) is 1. The van der Waals surface area contributed by atoms with Crippen molar-refractivity contribution in [1.82, 2.24) is 14.8 Å². The predicted molar refractivity (Wildman–Crippen MR) is 112 cm³/mol. The smallest absolute Gasteiger partial charge is 0.317 e. The lowest BCUT2D eigenvalue weighted by molar-refractivity contribution is 0.0855. The van der Waals surface area contributed by atoms with Crippen molar-refractivity contribution in [3.63, 3.8) is 0 Å². The Balaban J connectivity index is 1.21. The number of ether oxygens (including phenoxy) is 1. The number of amides is 2. The molecule has 146 valence electrons. The van der Waals surface area contributed by atoms with Gasteiger partial charge in [0.15, 0.2) is 0 Å². The fourth-order valence-electron chi connectivity index (χ4n) is 3.35. The molecule has 7 heteroatoms. The molecule has 2 heterocycles. The van der Waals surface area contributed by atoms with Crippen LogP contribution in [0.3, 0.4) is 0 Å². The number of urea groups is 1. The van der Waals surface area contributed by atoms with Crippen LogP contribution in [-0.4, -0.2) is 35.2 Å². The van der Waals surface area contributed by atoms with Crippen molar-refractivity contribution in [2.45, 2.75) is 6.54 Å². The summed E-state index contributed by atoms with van der Waals surface area (Å²) in [7, 11) is 2.02. The van der Waals surface area contributed by atoms with Crippen LogP contribution in [0.2, 0.25) is 10.0 Å². The first kappa shape index (κ1) is 19.0. The summed E-state index contributed by atoms with van der Waals surface area (Å²) >= 11 is 11.9. The third-order valence-electron chi connectivity index (χ3n) is 5.01. The average Bonchev–Trinajstić information content (AvgIpc) is 3.02. The molecule has 1 aromatic heterocycles. The van der Waals surface area contributed by atoms with Crippen LogP contribution in [0.15, 0.2) is 48.7 Å². The Bertz CT molecular complexity index is 1010. The number of nitrogens with zero attached hydrogens (tertiary/aromatic N) is 2. The lowest BCUT2D eigenvalue weighted by atomic mass is 10.0. The molecule has 1 aliphatic heterocycles. The molecule has 0 unspecified atom stereocenters. The second-order valence-corrected chi connectivity index (χ2v) is 7.95. The predicted octanol–water partition coefficient (Wildman–Crippen LogP) is 4.71. The van der Waals surface area contributed by atoms with Crippen molar-refractivity contribution < 1.29 is 9.53 Å². The standard InChI is InChI=1S/C21H21Cl2N3O2/c1-25-7-6-16-8-14(2-5-20(16)25)10-24-21(27)26-11-15(12-26)13-28-17-3-4-18(22)19(23)9-17/h2-9,15H,10-13H2,1H3,(H,24,27). The summed E-state index contributed by atoms with van der Waals surface area (Å²) < 4.78 is 7.82. The maximum atomic E-state index is 12.3. The van der Waals surface area contributed by atoms with Crippen molar-refractivity contribution >= 4 is 40.1 Å². The molecule has 0 radical (unpaired) electrons. The number of benzene rings is 2. The van der Waals surface area contributed by atoms with Gasteiger partial charge in [0.05, 0.1) is 16.7 Å². The largest absolute Gasteiger partial charge is 0.493 e. The van der Waals surface area contributed by atoms with E-state index in [1.807, 2.05) is 19.3 Å². The van der Waals surface area contributed by atoms with Crippen LogP contribution in [0.1, 0.15) is 5.56 Å². The van der Waals surface area contributed by atoms with E-state index in [2.05, 4.69) is 28.1 Å². The van der Waals surface area contributed by atoms with Crippen LogP contribution in [0, 0.1) is 5.92 Å². The molecular formula is C21H21Cl2N3O2. The Morgan fingerprint density at radius 3 is 2.75 bits per heavy atom. The monoisotopic (exact) mass is 417 g/mol. The molecule has 2 aromatic carbocycles. The highest BCUT2D eigenvalue weighted by Crippen LogP contribution is 2.27. The van der Waals surface area contributed by atoms with Gasteiger partial charge in [-0.15, -0.1) is 0 Å². The number of aryl methyl sites for hydroxylation is 1. The summed E-state index contributed by atoms with van der Waals surface area (Å²) in [5.74, 6) is 1.01. The number of carbonyl (C=O) groups excluding carboxylic acids is 1. The van der Waals surface area contributed by atoms with Crippen LogP contribution < -0.4 is 10.1 Å². The highest BCUT2D eigenvalue weighted by molar-refractivity contribution is 6.42. The third-order valence-corrected chi connectivity index (χ3v) is 5.75. The van der Waals surface area contributed by atoms with Crippen LogP contribution in [0.25, 0.3) is 10.9 Å². The fourth-order valence-corrected chi connectivity index (χ4v) is 3.64. The summed E-state index contributed by atoms with van der Waals surface area (Å²) in [5, 5.41) is 5.15. The van der Waals surface area contributed by atoms with Gasteiger partial charge in [-0.05, 0) is 41.3 Å². The minimum atomic E-state index is -0.0426. The molecule has 1 fully saturated rings. The van der Waals surface area contributed by atoms with E-state index in [1.54, 1.807) is 23.1 Å². The quantitative estimate of drug-likeness (QED) is 0.653. The normalized spacial score (nSPS) is 14.2. The zero-order valence-corrected chi connectivity index (χ0v) is 17.0. The van der Waals surface area contributed by atoms with Crippen LogP contribution in [0.5, 0.6) is 5.75 Å². The van der Waals surface area contributed by atoms with Crippen LogP contribution in [0.4, 0.5) is 4.79 Å². The number of rotatable bonds is 5. The molecule has 0 spiro atoms. The first-order valence-electron chi connectivity index (χ1n) is 9.14. The van der Waals surface area contributed by atoms with E-state index >= 15 is 0 Å². The summed E-state index contributed by atoms with van der Waals surface area (Å²) in [6.07, 6.45) is 2.04. The van der Waals surface area contributed by atoms with Gasteiger partial charge in [0.2, 0.25) is 0 Å². The molecule has 1 saturated heterocycles. The second-order valence-electron chi connectivity index (χ2n) is 7.14. The zero-order valence-electron chi connectivity index (χ0n) is 15.5. The van der Waals surface area contributed by atoms with Crippen molar-refractivity contribution in [3.05, 3.63) is 64.3 Å². The zero-order chi connectivity index (χ0) is 19.7. The second kappa shape index (κ2) is 7.94. The molecule has 0 bridgehead atoms. The van der Waals surface area contributed by atoms with Gasteiger partial charge in [-0.1, -0.05) is 29.3 Å². The SMILES string of the molecule is Cn1ccc2cc(CNC(=O)N3CC(COc4ccc(Cl)c(Cl)c4)C3)ccc21. The Hall–Kier alpha value is -2.37. The summed E-state index contributed by atoms with van der Waals surface area (Å²) in [6.45, 7) is 2.44. The van der Waals surface area contributed by atoms with E-state index in [0.29, 0.717) is 48.0 Å². The summed E-state index contributed by atoms with van der Waals surface area (Å²) in [4.78, 5) is 14.1. The van der Waals surface area contributed by atoms with E-state index in [0.717, 1.165) is 5.56 Å². The van der Waals surface area contributed by atoms with Gasteiger partial charge in [-0.25, -0.2) is 4.79 Å². The molecule has 3 aromatic rings. The van der Waals surface area contributed by atoms with Crippen molar-refractivity contribution in [1.29, 1.82) is 0 Å². The van der Waals surface area contributed by atoms with Gasteiger partial charge >= 0.3 is 6.03 Å². The average molecular weight is 418 g/mol. The van der Waals surface area contributed by atoms with Crippen LogP contribution in [-0.2, 0) is 13.6 Å². The molecular weight excluding hydrogens is 397 g/mol. The third kappa shape index (κ3) is 4.05. The number of nitrogens with one attached hydrogen (secondary N) is 1. The lowest BCUT2D eigenvalue weighted by Gasteiger charge is -2.38. The molecule has 0 aliphatic carbocycles. The molecule has 5 nitrogen and oxygen atoms in total. The number of fused-ring (bicyclic) bond motifs is 1. The van der Waals surface area contributed by atoms with Gasteiger partial charge in [0, 0.05) is 50.4 Å². The van der Waals surface area contributed by atoms with Gasteiger partial charge in [-0.2, -0.15) is 0 Å². The molecule has 0 atom stereocenters. The first-order valence-corrected chi connectivity index (χ1v) is 9.90. The molecule has 4 rings (SSSR count). The minimum Gasteiger partial charge on any atom is -0.493 e. The Labute approximate surface area is 173 Å². The number of aromatic nitrogens is 1. The first-order chi connectivity index (χ1) is 13.5. The molecule has 0 saturated carbocycles. The fraction of sp³-hybridized carbons (Fsp3) is 0.286. The number of hydrogen-bond donors (Lipinski definition) is 1.